The van der Waals surface area contributed by atoms with E-state index in [-0.39, 0.29) is 0 Å². The van der Waals surface area contributed by atoms with Crippen molar-refractivity contribution in [2.45, 2.75) is 13.3 Å². The molecule has 0 saturated carbocycles. The van der Waals surface area contributed by atoms with Gasteiger partial charge in [0.25, 0.3) is 0 Å². The Kier molecular flexibility index (Phi) is 2.67. The second kappa shape index (κ2) is 4.34. The predicted molar refractivity (Wildman–Crippen MR) is 76.9 cm³/mol. The van der Waals surface area contributed by atoms with E-state index in [4.69, 9.17) is 0 Å². The molecule has 0 saturated heterocycles. The molecule has 0 N–H and O–H groups in total. The van der Waals surface area contributed by atoms with Crippen molar-refractivity contribution >= 4 is 10.9 Å². The van der Waals surface area contributed by atoms with Crippen molar-refractivity contribution in [3.05, 3.63) is 71.4 Å². The lowest BCUT2D eigenvalue weighted by atomic mass is 9.86. The normalized spacial score (nSPS) is 11.7. The first-order valence-electron chi connectivity index (χ1n) is 6.33. The second-order valence-electron chi connectivity index (χ2n) is 4.86. The van der Waals surface area contributed by atoms with Crippen molar-refractivity contribution in [1.82, 2.24) is 4.57 Å². The number of para-hydroxylation sites is 1. The fourth-order valence-electron chi connectivity index (χ4n) is 2.44. The Morgan fingerprint density at radius 1 is 0.889 bits per heavy atom. The summed E-state index contributed by atoms with van der Waals surface area (Å²) in [5, 5.41) is 1.31. The highest BCUT2D eigenvalue weighted by molar-refractivity contribution is 5.79. The van der Waals surface area contributed by atoms with Crippen LogP contribution in [0.4, 0.5) is 0 Å². The first kappa shape index (κ1) is 11.1. The number of hydrogen-bond donors (Lipinski definition) is 0. The van der Waals surface area contributed by atoms with Gasteiger partial charge in [0.1, 0.15) is 0 Å². The van der Waals surface area contributed by atoms with Gasteiger partial charge in [-0.3, -0.25) is 0 Å². The van der Waals surface area contributed by atoms with Crippen LogP contribution in [0, 0.1) is 6.92 Å². The third-order valence-corrected chi connectivity index (χ3v) is 3.73. The van der Waals surface area contributed by atoms with Gasteiger partial charge >= 0.3 is 0 Å². The van der Waals surface area contributed by atoms with E-state index in [0.29, 0.717) is 0 Å². The molecule has 90 valence electrons. The first-order chi connectivity index (χ1) is 8.75. The Morgan fingerprint density at radius 2 is 1.61 bits per heavy atom. The maximum Gasteiger partial charge on any atom is 0.0477 e. The number of aromatic nitrogens is 1. The second-order valence-corrected chi connectivity index (χ2v) is 4.86. The molecule has 1 aromatic heterocycles. The van der Waals surface area contributed by atoms with E-state index in [0.717, 1.165) is 0 Å². The molecule has 0 amide bonds. The van der Waals surface area contributed by atoms with Crippen molar-refractivity contribution in [2.24, 2.45) is 7.05 Å². The zero-order chi connectivity index (χ0) is 12.5. The molecule has 0 aliphatic heterocycles. The summed E-state index contributed by atoms with van der Waals surface area (Å²) in [6.45, 7) is 2.19. The first-order valence-corrected chi connectivity index (χ1v) is 6.33. The van der Waals surface area contributed by atoms with Crippen molar-refractivity contribution in [3.8, 4) is 0 Å². The van der Waals surface area contributed by atoms with E-state index in [1.165, 1.54) is 34.0 Å². The van der Waals surface area contributed by atoms with Crippen molar-refractivity contribution in [3.63, 3.8) is 0 Å². The molecule has 18 heavy (non-hydrogen) atoms. The molecule has 3 aromatic rings. The molecule has 0 atom stereocenters. The van der Waals surface area contributed by atoms with Crippen molar-refractivity contribution in [2.75, 3.05) is 0 Å². The maximum absolute atomic E-state index is 2.20. The summed E-state index contributed by atoms with van der Waals surface area (Å²) in [5.74, 6) is 0. The zero-order valence-corrected chi connectivity index (χ0v) is 10.9. The van der Waals surface area contributed by atoms with E-state index < -0.39 is 0 Å². The average molecular weight is 235 g/mol. The Balaban J connectivity index is 0.000000114. The summed E-state index contributed by atoms with van der Waals surface area (Å²) in [5.41, 5.74) is 5.86. The Morgan fingerprint density at radius 3 is 2.17 bits per heavy atom. The maximum atomic E-state index is 2.20. The molecular formula is C17H17N. The number of rotatable bonds is 0. The van der Waals surface area contributed by atoms with Gasteiger partial charge in [-0.25, -0.2) is 0 Å². The van der Waals surface area contributed by atoms with E-state index in [1.807, 2.05) is 0 Å². The number of benzene rings is 2. The van der Waals surface area contributed by atoms with Crippen molar-refractivity contribution in [1.29, 1.82) is 0 Å². The third-order valence-electron chi connectivity index (χ3n) is 3.73. The molecule has 0 unspecified atom stereocenters. The molecule has 5 rings (SSSR count). The third kappa shape index (κ3) is 1.82. The topological polar surface area (TPSA) is 4.93 Å². The average Bonchev–Trinajstić information content (AvgIpc) is 2.82. The summed E-state index contributed by atoms with van der Waals surface area (Å²) in [6, 6.07) is 17.0. The number of fused-ring (bicyclic) bond motifs is 3. The van der Waals surface area contributed by atoms with Crippen LogP contribution >= 0.6 is 0 Å². The summed E-state index contributed by atoms with van der Waals surface area (Å²) in [7, 11) is 2.06. The van der Waals surface area contributed by atoms with Gasteiger partial charge in [0.2, 0.25) is 0 Å². The van der Waals surface area contributed by atoms with Crippen LogP contribution in [0.2, 0.25) is 0 Å². The van der Waals surface area contributed by atoms with Crippen LogP contribution in [0.3, 0.4) is 0 Å². The van der Waals surface area contributed by atoms with E-state index in [2.05, 4.69) is 73.3 Å². The van der Waals surface area contributed by atoms with Crippen LogP contribution in [0.5, 0.6) is 0 Å². The standard InChI is InChI=1S/C9H9N.C8H8/c1-10-7-6-8-4-2-3-5-9(8)10;1-6-7-3-2-4-8(6)5-7/h2-7H,1H3;2-4H,5H2,1H3. The van der Waals surface area contributed by atoms with E-state index >= 15 is 0 Å². The summed E-state index contributed by atoms with van der Waals surface area (Å²) < 4.78 is 2.12. The Bertz CT molecular complexity index is 671. The molecule has 1 nitrogen and oxygen atoms in total. The summed E-state index contributed by atoms with van der Waals surface area (Å²) >= 11 is 0. The van der Waals surface area contributed by atoms with Gasteiger partial charge in [0, 0.05) is 18.8 Å². The lowest BCUT2D eigenvalue weighted by Gasteiger charge is -2.19. The quantitative estimate of drug-likeness (QED) is 0.433. The molecule has 2 aromatic carbocycles. The minimum absolute atomic E-state index is 1.22. The smallest absolute Gasteiger partial charge is 0.0477 e. The molecule has 2 bridgehead atoms. The van der Waals surface area contributed by atoms with Gasteiger partial charge in [-0.05, 0) is 47.6 Å². The Hall–Kier alpha value is -2.02. The summed E-state index contributed by atoms with van der Waals surface area (Å²) in [4.78, 5) is 0. The van der Waals surface area contributed by atoms with Gasteiger partial charge in [0.15, 0.2) is 0 Å². The highest BCUT2D eigenvalue weighted by atomic mass is 14.9. The molecule has 1 heteroatoms. The van der Waals surface area contributed by atoms with Crippen LogP contribution in [0.15, 0.2) is 54.7 Å². The van der Waals surface area contributed by atoms with Crippen LogP contribution in [0.1, 0.15) is 16.7 Å². The highest BCUT2D eigenvalue weighted by Gasteiger charge is 2.12. The predicted octanol–water partition coefficient (Wildman–Crippen LogP) is 4.08. The molecule has 0 spiro atoms. The highest BCUT2D eigenvalue weighted by Crippen LogP contribution is 2.26. The largest absolute Gasteiger partial charge is 0.351 e. The molecule has 2 aliphatic carbocycles. The molecule has 2 aliphatic rings. The lowest BCUT2D eigenvalue weighted by Crippen LogP contribution is -2.05. The van der Waals surface area contributed by atoms with Crippen LogP contribution in [-0.2, 0) is 13.5 Å². The zero-order valence-electron chi connectivity index (χ0n) is 10.9. The SMILES string of the molecule is Cc1c2cccc1C2.Cn1ccc2ccccc21. The molecule has 0 fully saturated rings. The van der Waals surface area contributed by atoms with Gasteiger partial charge in [-0.1, -0.05) is 36.4 Å². The fourth-order valence-corrected chi connectivity index (χ4v) is 2.44. The molecular weight excluding hydrogens is 218 g/mol. The molecule has 1 heterocycles. The van der Waals surface area contributed by atoms with Crippen molar-refractivity contribution < 1.29 is 0 Å². The minimum Gasteiger partial charge on any atom is -0.351 e. The minimum atomic E-state index is 1.22. The monoisotopic (exact) mass is 235 g/mol. The Labute approximate surface area is 108 Å². The van der Waals surface area contributed by atoms with Gasteiger partial charge < -0.3 is 4.57 Å². The lowest BCUT2D eigenvalue weighted by molar-refractivity contribution is 0.969. The number of hydrogen-bond acceptors (Lipinski definition) is 0. The van der Waals surface area contributed by atoms with Gasteiger partial charge in [-0.2, -0.15) is 0 Å². The van der Waals surface area contributed by atoms with Crippen LogP contribution in [-0.4, -0.2) is 4.57 Å². The van der Waals surface area contributed by atoms with Gasteiger partial charge in [-0.15, -0.1) is 0 Å². The van der Waals surface area contributed by atoms with E-state index in [9.17, 15) is 0 Å². The fraction of sp³-hybridized carbons (Fsp3) is 0.176. The van der Waals surface area contributed by atoms with Crippen LogP contribution < -0.4 is 0 Å². The summed E-state index contributed by atoms with van der Waals surface area (Å²) in [6.07, 6.45) is 3.30. The number of aryl methyl sites for hydroxylation is 2. The van der Waals surface area contributed by atoms with Gasteiger partial charge in [0.05, 0.1) is 0 Å². The number of nitrogens with zero attached hydrogens (tertiary/aromatic N) is 1. The van der Waals surface area contributed by atoms with E-state index in [1.54, 1.807) is 0 Å². The van der Waals surface area contributed by atoms with Crippen LogP contribution in [0.25, 0.3) is 10.9 Å². The molecule has 0 radical (unpaired) electrons.